The summed E-state index contributed by atoms with van der Waals surface area (Å²) >= 11 is 0. The molecule has 2 nitrogen and oxygen atoms in total. The second-order valence-corrected chi connectivity index (χ2v) is 3.50. The fourth-order valence-corrected chi connectivity index (χ4v) is 1.37. The zero-order chi connectivity index (χ0) is 8.43. The first kappa shape index (κ1) is 8.57. The molecule has 3 atom stereocenters. The number of cyclic esters (lactones) is 1. The molecule has 2 heteroatoms. The standard InChI is InChI=1S/C9H16O2/c1-4-6(2)8-5-7(3)9(10)11-8/h6-8H,4-5H2,1-3H3/t6?,7-,8?/m0/s1. The van der Waals surface area contributed by atoms with Gasteiger partial charge in [0.1, 0.15) is 6.10 Å². The molecule has 2 unspecified atom stereocenters. The predicted octanol–water partition coefficient (Wildman–Crippen LogP) is 1.98. The Bertz CT molecular complexity index is 154. The second-order valence-electron chi connectivity index (χ2n) is 3.50. The Kier molecular flexibility index (Phi) is 2.53. The normalized spacial score (nSPS) is 33.5. The van der Waals surface area contributed by atoms with Gasteiger partial charge in [0.15, 0.2) is 0 Å². The Morgan fingerprint density at radius 1 is 1.73 bits per heavy atom. The zero-order valence-electron chi connectivity index (χ0n) is 7.46. The average molecular weight is 156 g/mol. The van der Waals surface area contributed by atoms with E-state index in [0.717, 1.165) is 12.8 Å². The van der Waals surface area contributed by atoms with E-state index < -0.39 is 0 Å². The summed E-state index contributed by atoms with van der Waals surface area (Å²) in [6.45, 7) is 6.20. The van der Waals surface area contributed by atoms with Crippen LogP contribution >= 0.6 is 0 Å². The quantitative estimate of drug-likeness (QED) is 0.571. The van der Waals surface area contributed by atoms with E-state index >= 15 is 0 Å². The number of carbonyl (C=O) groups excluding carboxylic acids is 1. The van der Waals surface area contributed by atoms with Gasteiger partial charge >= 0.3 is 5.97 Å². The van der Waals surface area contributed by atoms with Crippen molar-refractivity contribution >= 4 is 5.97 Å². The van der Waals surface area contributed by atoms with Crippen LogP contribution in [0.4, 0.5) is 0 Å². The van der Waals surface area contributed by atoms with Gasteiger partial charge in [-0.3, -0.25) is 4.79 Å². The van der Waals surface area contributed by atoms with Crippen LogP contribution in [0.3, 0.4) is 0 Å². The first-order valence-electron chi connectivity index (χ1n) is 4.35. The summed E-state index contributed by atoms with van der Waals surface area (Å²) in [7, 11) is 0. The Morgan fingerprint density at radius 3 is 2.73 bits per heavy atom. The first-order valence-corrected chi connectivity index (χ1v) is 4.35. The molecule has 0 aliphatic carbocycles. The average Bonchev–Trinajstić information content (AvgIpc) is 2.31. The highest BCUT2D eigenvalue weighted by atomic mass is 16.6. The maximum atomic E-state index is 11.0. The third-order valence-electron chi connectivity index (χ3n) is 2.53. The van der Waals surface area contributed by atoms with Gasteiger partial charge in [0, 0.05) is 0 Å². The summed E-state index contributed by atoms with van der Waals surface area (Å²) in [5, 5.41) is 0. The molecule has 1 fully saturated rings. The maximum Gasteiger partial charge on any atom is 0.309 e. The Hall–Kier alpha value is -0.530. The van der Waals surface area contributed by atoms with Crippen molar-refractivity contribution in [2.45, 2.75) is 39.7 Å². The van der Waals surface area contributed by atoms with Crippen LogP contribution in [-0.4, -0.2) is 12.1 Å². The molecule has 11 heavy (non-hydrogen) atoms. The molecule has 0 saturated carbocycles. The molecule has 1 heterocycles. The van der Waals surface area contributed by atoms with Gasteiger partial charge in [-0.25, -0.2) is 0 Å². The van der Waals surface area contributed by atoms with Gasteiger partial charge in [-0.2, -0.15) is 0 Å². The molecule has 0 radical (unpaired) electrons. The highest BCUT2D eigenvalue weighted by molar-refractivity contribution is 5.74. The summed E-state index contributed by atoms with van der Waals surface area (Å²) < 4.78 is 5.19. The second kappa shape index (κ2) is 3.24. The SMILES string of the molecule is CCC(C)C1C[C@H](C)C(=O)O1. The molecule has 0 aromatic carbocycles. The van der Waals surface area contributed by atoms with Gasteiger partial charge in [0.25, 0.3) is 0 Å². The van der Waals surface area contributed by atoms with E-state index in [4.69, 9.17) is 4.74 Å². The summed E-state index contributed by atoms with van der Waals surface area (Å²) in [6.07, 6.45) is 2.18. The summed E-state index contributed by atoms with van der Waals surface area (Å²) in [5.41, 5.74) is 0. The molecule has 1 saturated heterocycles. The number of hydrogen-bond donors (Lipinski definition) is 0. The Labute approximate surface area is 67.9 Å². The summed E-state index contributed by atoms with van der Waals surface area (Å²) in [5.74, 6) is 0.619. The first-order chi connectivity index (χ1) is 5.15. The molecular weight excluding hydrogens is 140 g/mol. The smallest absolute Gasteiger partial charge is 0.309 e. The van der Waals surface area contributed by atoms with Crippen LogP contribution in [0.2, 0.25) is 0 Å². The van der Waals surface area contributed by atoms with Crippen molar-refractivity contribution < 1.29 is 9.53 Å². The van der Waals surface area contributed by atoms with Crippen LogP contribution in [0.1, 0.15) is 33.6 Å². The lowest BCUT2D eigenvalue weighted by Gasteiger charge is -2.15. The lowest BCUT2D eigenvalue weighted by Crippen LogP contribution is -2.16. The number of rotatable bonds is 2. The predicted molar refractivity (Wildman–Crippen MR) is 43.1 cm³/mol. The van der Waals surface area contributed by atoms with Crippen molar-refractivity contribution in [3.05, 3.63) is 0 Å². The molecule has 0 aromatic rings. The minimum absolute atomic E-state index is 0.0182. The lowest BCUT2D eigenvalue weighted by molar-refractivity contribution is -0.145. The molecular formula is C9H16O2. The topological polar surface area (TPSA) is 26.3 Å². The van der Waals surface area contributed by atoms with E-state index in [-0.39, 0.29) is 18.0 Å². The number of hydrogen-bond acceptors (Lipinski definition) is 2. The lowest BCUT2D eigenvalue weighted by atomic mass is 9.96. The van der Waals surface area contributed by atoms with E-state index in [0.29, 0.717) is 5.92 Å². The van der Waals surface area contributed by atoms with Crippen LogP contribution in [0.5, 0.6) is 0 Å². The molecule has 0 bridgehead atoms. The summed E-state index contributed by atoms with van der Waals surface area (Å²) in [6, 6.07) is 0. The fraction of sp³-hybridized carbons (Fsp3) is 0.889. The van der Waals surface area contributed by atoms with Crippen molar-refractivity contribution in [1.29, 1.82) is 0 Å². The molecule has 1 aliphatic rings. The van der Waals surface area contributed by atoms with Crippen LogP contribution in [0, 0.1) is 11.8 Å². The minimum Gasteiger partial charge on any atom is -0.462 e. The van der Waals surface area contributed by atoms with Gasteiger partial charge < -0.3 is 4.74 Å². The van der Waals surface area contributed by atoms with Crippen LogP contribution in [0.25, 0.3) is 0 Å². The van der Waals surface area contributed by atoms with Crippen molar-refractivity contribution in [3.63, 3.8) is 0 Å². The van der Waals surface area contributed by atoms with Crippen LogP contribution in [0.15, 0.2) is 0 Å². The monoisotopic (exact) mass is 156 g/mol. The largest absolute Gasteiger partial charge is 0.462 e. The molecule has 64 valence electrons. The van der Waals surface area contributed by atoms with Crippen molar-refractivity contribution in [2.75, 3.05) is 0 Å². The van der Waals surface area contributed by atoms with E-state index in [2.05, 4.69) is 13.8 Å². The number of ether oxygens (including phenoxy) is 1. The van der Waals surface area contributed by atoms with Crippen LogP contribution in [-0.2, 0) is 9.53 Å². The van der Waals surface area contributed by atoms with Gasteiger partial charge in [0.05, 0.1) is 5.92 Å². The van der Waals surface area contributed by atoms with E-state index in [1.165, 1.54) is 0 Å². The van der Waals surface area contributed by atoms with Gasteiger partial charge in [0.2, 0.25) is 0 Å². The Morgan fingerprint density at radius 2 is 2.36 bits per heavy atom. The third-order valence-corrected chi connectivity index (χ3v) is 2.53. The molecule has 0 amide bonds. The zero-order valence-corrected chi connectivity index (χ0v) is 7.46. The molecule has 0 spiro atoms. The minimum atomic E-state index is -0.0182. The van der Waals surface area contributed by atoms with Crippen molar-refractivity contribution in [1.82, 2.24) is 0 Å². The molecule has 0 aromatic heterocycles. The van der Waals surface area contributed by atoms with Gasteiger partial charge in [-0.05, 0) is 12.3 Å². The van der Waals surface area contributed by atoms with E-state index in [9.17, 15) is 4.79 Å². The highest BCUT2D eigenvalue weighted by Crippen LogP contribution is 2.27. The number of carbonyl (C=O) groups is 1. The fourth-order valence-electron chi connectivity index (χ4n) is 1.37. The maximum absolute atomic E-state index is 11.0. The third kappa shape index (κ3) is 1.73. The van der Waals surface area contributed by atoms with Gasteiger partial charge in [-0.1, -0.05) is 27.2 Å². The van der Waals surface area contributed by atoms with Crippen molar-refractivity contribution in [2.24, 2.45) is 11.8 Å². The van der Waals surface area contributed by atoms with Crippen LogP contribution < -0.4 is 0 Å². The molecule has 0 N–H and O–H groups in total. The Balaban J connectivity index is 2.46. The number of esters is 1. The van der Waals surface area contributed by atoms with Crippen molar-refractivity contribution in [3.8, 4) is 0 Å². The molecule has 1 aliphatic heterocycles. The highest BCUT2D eigenvalue weighted by Gasteiger charge is 2.33. The van der Waals surface area contributed by atoms with Gasteiger partial charge in [-0.15, -0.1) is 0 Å². The summed E-state index contributed by atoms with van der Waals surface area (Å²) in [4.78, 5) is 11.0. The van der Waals surface area contributed by atoms with E-state index in [1.54, 1.807) is 0 Å². The van der Waals surface area contributed by atoms with E-state index in [1.807, 2.05) is 6.92 Å². The molecule has 1 rings (SSSR count).